The van der Waals surface area contributed by atoms with Gasteiger partial charge >= 0.3 is 6.03 Å². The number of hydrogen-bond donors (Lipinski definition) is 1. The Morgan fingerprint density at radius 1 is 1.13 bits per heavy atom. The number of carbonyl (C=O) groups is 1. The summed E-state index contributed by atoms with van der Waals surface area (Å²) in [5.74, 6) is 2.75. The van der Waals surface area contributed by atoms with Crippen LogP contribution in [0.3, 0.4) is 0 Å². The molecule has 0 radical (unpaired) electrons. The van der Waals surface area contributed by atoms with Crippen molar-refractivity contribution in [2.45, 2.75) is 26.4 Å². The lowest BCUT2D eigenvalue weighted by molar-refractivity contribution is 0.173. The van der Waals surface area contributed by atoms with E-state index < -0.39 is 0 Å². The number of ether oxygens (including phenoxy) is 3. The van der Waals surface area contributed by atoms with Gasteiger partial charge in [0.1, 0.15) is 11.4 Å². The van der Waals surface area contributed by atoms with Gasteiger partial charge < -0.3 is 29.0 Å². The number of urea groups is 1. The normalized spacial score (nSPS) is 11.9. The molecule has 0 spiro atoms. The van der Waals surface area contributed by atoms with Crippen molar-refractivity contribution in [3.63, 3.8) is 0 Å². The first-order chi connectivity index (χ1) is 15.2. The molecule has 0 saturated heterocycles. The van der Waals surface area contributed by atoms with Gasteiger partial charge in [0, 0.05) is 24.7 Å². The van der Waals surface area contributed by atoms with E-state index in [0.29, 0.717) is 42.6 Å². The Kier molecular flexibility index (Phi) is 6.26. The fourth-order valence-corrected chi connectivity index (χ4v) is 3.30. The largest absolute Gasteiger partial charge is 0.497 e. The van der Waals surface area contributed by atoms with E-state index in [4.69, 9.17) is 18.7 Å². The number of carbonyl (C=O) groups excluding carboxylic acids is 1. The number of nitrogens with one attached hydrogen (secondary N) is 1. The summed E-state index contributed by atoms with van der Waals surface area (Å²) in [6.45, 7) is 3.53. The number of fused-ring (bicyclic) bond motifs is 1. The van der Waals surface area contributed by atoms with Gasteiger partial charge in [-0.15, -0.1) is 0 Å². The van der Waals surface area contributed by atoms with Crippen LogP contribution >= 0.6 is 0 Å². The van der Waals surface area contributed by atoms with Gasteiger partial charge in [0.2, 0.25) is 6.79 Å². The van der Waals surface area contributed by atoms with Crippen LogP contribution < -0.4 is 19.5 Å². The zero-order valence-electron chi connectivity index (χ0n) is 17.6. The summed E-state index contributed by atoms with van der Waals surface area (Å²) in [7, 11) is 1.62. The van der Waals surface area contributed by atoms with Gasteiger partial charge in [0.25, 0.3) is 0 Å². The lowest BCUT2D eigenvalue weighted by atomic mass is 10.1. The summed E-state index contributed by atoms with van der Waals surface area (Å²) in [6, 6.07) is 14.9. The first kappa shape index (κ1) is 20.6. The zero-order valence-corrected chi connectivity index (χ0v) is 17.6. The second kappa shape index (κ2) is 9.42. The van der Waals surface area contributed by atoms with Crippen LogP contribution in [0.2, 0.25) is 0 Å². The Hall–Kier alpha value is -3.68. The van der Waals surface area contributed by atoms with Crippen LogP contribution in [-0.4, -0.2) is 36.5 Å². The van der Waals surface area contributed by atoms with E-state index in [9.17, 15) is 4.79 Å². The van der Waals surface area contributed by atoms with Crippen LogP contribution in [0.1, 0.15) is 24.6 Å². The standard InChI is InChI=1S/C23H25N3O5/c1-3-9-24-23(27)26(13-16-7-8-20-22(10-16)30-15-29-20)14-18-12-21(31-25-18)17-5-4-6-19(11-17)28-2/h4-8,10-12H,3,9,13-15H2,1-2H3,(H,24,27). The summed E-state index contributed by atoms with van der Waals surface area (Å²) in [5, 5.41) is 7.10. The number of nitrogens with zero attached hydrogens (tertiary/aromatic N) is 2. The van der Waals surface area contributed by atoms with Gasteiger partial charge in [-0.05, 0) is 36.2 Å². The van der Waals surface area contributed by atoms with Crippen LogP contribution in [-0.2, 0) is 13.1 Å². The molecule has 1 aliphatic heterocycles. The van der Waals surface area contributed by atoms with Crippen molar-refractivity contribution in [1.82, 2.24) is 15.4 Å². The number of rotatable bonds is 8. The molecule has 0 aliphatic carbocycles. The first-order valence-corrected chi connectivity index (χ1v) is 10.2. The molecular formula is C23H25N3O5. The Balaban J connectivity index is 1.52. The maximum absolute atomic E-state index is 12.8. The lowest BCUT2D eigenvalue weighted by Crippen LogP contribution is -2.39. The number of hydrogen-bond acceptors (Lipinski definition) is 6. The Bertz CT molecular complexity index is 1050. The molecule has 8 nitrogen and oxygen atoms in total. The van der Waals surface area contributed by atoms with Crippen molar-refractivity contribution in [3.05, 3.63) is 59.8 Å². The molecular weight excluding hydrogens is 398 g/mol. The molecule has 31 heavy (non-hydrogen) atoms. The van der Waals surface area contributed by atoms with E-state index in [-0.39, 0.29) is 12.8 Å². The van der Waals surface area contributed by atoms with E-state index in [1.165, 1.54) is 0 Å². The van der Waals surface area contributed by atoms with E-state index in [1.54, 1.807) is 12.0 Å². The smallest absolute Gasteiger partial charge is 0.318 e. The van der Waals surface area contributed by atoms with Crippen molar-refractivity contribution in [3.8, 4) is 28.6 Å². The minimum Gasteiger partial charge on any atom is -0.497 e. The highest BCUT2D eigenvalue weighted by Gasteiger charge is 2.19. The summed E-state index contributed by atoms with van der Waals surface area (Å²) >= 11 is 0. The zero-order chi connectivity index (χ0) is 21.6. The van der Waals surface area contributed by atoms with Crippen LogP contribution in [0.15, 0.2) is 53.1 Å². The van der Waals surface area contributed by atoms with Gasteiger partial charge in [-0.1, -0.05) is 30.3 Å². The monoisotopic (exact) mass is 423 g/mol. The topological polar surface area (TPSA) is 86.1 Å². The summed E-state index contributed by atoms with van der Waals surface area (Å²) < 4.78 is 21.6. The fourth-order valence-electron chi connectivity index (χ4n) is 3.30. The van der Waals surface area contributed by atoms with E-state index in [2.05, 4.69) is 10.5 Å². The third-order valence-corrected chi connectivity index (χ3v) is 4.89. The van der Waals surface area contributed by atoms with Crippen molar-refractivity contribution in [2.75, 3.05) is 20.4 Å². The van der Waals surface area contributed by atoms with Gasteiger partial charge in [0.15, 0.2) is 17.3 Å². The minimum atomic E-state index is -0.162. The molecule has 0 saturated carbocycles. The average Bonchev–Trinajstić information content (AvgIpc) is 3.46. The third kappa shape index (κ3) is 4.91. The summed E-state index contributed by atoms with van der Waals surface area (Å²) in [5.41, 5.74) is 2.45. The number of aromatic nitrogens is 1. The predicted molar refractivity (Wildman–Crippen MR) is 114 cm³/mol. The van der Waals surface area contributed by atoms with Gasteiger partial charge in [-0.25, -0.2) is 4.79 Å². The minimum absolute atomic E-state index is 0.162. The molecule has 3 aromatic rings. The number of methoxy groups -OCH3 is 1. The fraction of sp³-hybridized carbons (Fsp3) is 0.304. The second-order valence-electron chi connectivity index (χ2n) is 7.19. The quantitative estimate of drug-likeness (QED) is 0.584. The van der Waals surface area contributed by atoms with Crippen molar-refractivity contribution >= 4 is 6.03 Å². The van der Waals surface area contributed by atoms with Gasteiger partial charge in [-0.3, -0.25) is 0 Å². The molecule has 2 heterocycles. The van der Waals surface area contributed by atoms with Crippen molar-refractivity contribution in [2.24, 2.45) is 0 Å². The molecule has 162 valence electrons. The molecule has 0 fully saturated rings. The predicted octanol–water partition coefficient (Wildman–Crippen LogP) is 4.20. The van der Waals surface area contributed by atoms with Crippen molar-refractivity contribution in [1.29, 1.82) is 0 Å². The van der Waals surface area contributed by atoms with Gasteiger partial charge in [0.05, 0.1) is 13.7 Å². The SMILES string of the molecule is CCCNC(=O)N(Cc1ccc2c(c1)OCO2)Cc1cc(-c2cccc(OC)c2)on1. The van der Waals surface area contributed by atoms with E-state index in [0.717, 1.165) is 23.3 Å². The number of benzene rings is 2. The molecule has 2 aromatic carbocycles. The molecule has 0 atom stereocenters. The van der Waals surface area contributed by atoms with Crippen molar-refractivity contribution < 1.29 is 23.5 Å². The molecule has 8 heteroatoms. The molecule has 4 rings (SSSR count). The van der Waals surface area contributed by atoms with E-state index in [1.807, 2.05) is 55.5 Å². The third-order valence-electron chi connectivity index (χ3n) is 4.89. The highest BCUT2D eigenvalue weighted by Crippen LogP contribution is 2.33. The lowest BCUT2D eigenvalue weighted by Gasteiger charge is -2.22. The maximum Gasteiger partial charge on any atom is 0.318 e. The molecule has 0 unspecified atom stereocenters. The Morgan fingerprint density at radius 3 is 2.84 bits per heavy atom. The Morgan fingerprint density at radius 2 is 2.00 bits per heavy atom. The highest BCUT2D eigenvalue weighted by atomic mass is 16.7. The van der Waals surface area contributed by atoms with Crippen LogP contribution in [0.25, 0.3) is 11.3 Å². The average molecular weight is 423 g/mol. The molecule has 1 N–H and O–H groups in total. The van der Waals surface area contributed by atoms with E-state index >= 15 is 0 Å². The molecule has 0 bridgehead atoms. The molecule has 2 amide bonds. The van der Waals surface area contributed by atoms with Gasteiger partial charge in [-0.2, -0.15) is 0 Å². The number of amides is 2. The van der Waals surface area contributed by atoms with Crippen LogP contribution in [0.4, 0.5) is 4.79 Å². The second-order valence-corrected chi connectivity index (χ2v) is 7.19. The summed E-state index contributed by atoms with van der Waals surface area (Å²) in [6.07, 6.45) is 0.855. The summed E-state index contributed by atoms with van der Waals surface area (Å²) in [4.78, 5) is 14.5. The van der Waals surface area contributed by atoms with Crippen LogP contribution in [0.5, 0.6) is 17.2 Å². The maximum atomic E-state index is 12.8. The highest BCUT2D eigenvalue weighted by molar-refractivity contribution is 5.74. The first-order valence-electron chi connectivity index (χ1n) is 10.2. The Labute approximate surface area is 180 Å². The molecule has 1 aliphatic rings. The van der Waals surface area contributed by atoms with Crippen LogP contribution in [0, 0.1) is 0 Å². The molecule has 1 aromatic heterocycles.